The third-order valence-electron chi connectivity index (χ3n) is 1.60. The normalized spacial score (nSPS) is 12.5. The van der Waals surface area contributed by atoms with Gasteiger partial charge in [0.2, 0.25) is 0 Å². The number of hydrogen-bond donors (Lipinski definition) is 0. The second kappa shape index (κ2) is 3.92. The first-order valence-corrected chi connectivity index (χ1v) is 4.90. The highest BCUT2D eigenvalue weighted by molar-refractivity contribution is 9.10. The molecule has 2 nitrogen and oxygen atoms in total. The van der Waals surface area contributed by atoms with Crippen LogP contribution in [-0.2, 0) is 12.7 Å². The van der Waals surface area contributed by atoms with Gasteiger partial charge < -0.3 is 0 Å². The molecule has 0 saturated heterocycles. The van der Waals surface area contributed by atoms with Crippen LogP contribution in [-0.4, -0.2) is 9.78 Å². The van der Waals surface area contributed by atoms with Gasteiger partial charge >= 0.3 is 6.18 Å². The van der Waals surface area contributed by atoms with Crippen molar-refractivity contribution in [2.45, 2.75) is 26.6 Å². The van der Waals surface area contributed by atoms with Crippen LogP contribution in [0, 0.1) is 5.92 Å². The molecule has 0 aromatic carbocycles. The SMILES string of the molecule is CC(C)Cn1ncc(Br)c1C(F)(F)F. The van der Waals surface area contributed by atoms with Crippen molar-refractivity contribution in [3.05, 3.63) is 16.4 Å². The van der Waals surface area contributed by atoms with Crippen molar-refractivity contribution in [3.8, 4) is 0 Å². The molecule has 6 heteroatoms. The molecule has 1 heterocycles. The summed E-state index contributed by atoms with van der Waals surface area (Å²) >= 11 is 2.84. The standard InChI is InChI=1S/C8H10BrF3N2/c1-5(2)4-14-7(8(10,11)12)6(9)3-13-14/h3,5H,4H2,1-2H3. The van der Waals surface area contributed by atoms with Crippen LogP contribution in [0.4, 0.5) is 13.2 Å². The summed E-state index contributed by atoms with van der Waals surface area (Å²) in [6.07, 6.45) is -3.19. The van der Waals surface area contributed by atoms with Gasteiger partial charge in [-0.2, -0.15) is 18.3 Å². The minimum Gasteiger partial charge on any atom is -0.259 e. The molecule has 0 aliphatic carbocycles. The van der Waals surface area contributed by atoms with Gasteiger partial charge in [-0.25, -0.2) is 0 Å². The molecule has 0 fully saturated rings. The molecule has 0 amide bonds. The molecule has 14 heavy (non-hydrogen) atoms. The zero-order valence-electron chi connectivity index (χ0n) is 7.77. The van der Waals surface area contributed by atoms with Crippen molar-refractivity contribution >= 4 is 15.9 Å². The van der Waals surface area contributed by atoms with E-state index in [2.05, 4.69) is 21.0 Å². The Labute approximate surface area is 88.2 Å². The quantitative estimate of drug-likeness (QED) is 0.806. The van der Waals surface area contributed by atoms with E-state index in [4.69, 9.17) is 0 Å². The van der Waals surface area contributed by atoms with E-state index in [-0.39, 0.29) is 16.9 Å². The number of hydrogen-bond acceptors (Lipinski definition) is 1. The van der Waals surface area contributed by atoms with E-state index in [9.17, 15) is 13.2 Å². The van der Waals surface area contributed by atoms with Gasteiger partial charge in [-0.1, -0.05) is 13.8 Å². The molecular weight excluding hydrogens is 261 g/mol. The first-order chi connectivity index (χ1) is 6.32. The largest absolute Gasteiger partial charge is 0.434 e. The zero-order chi connectivity index (χ0) is 10.9. The van der Waals surface area contributed by atoms with Gasteiger partial charge in [0.05, 0.1) is 10.7 Å². The average Bonchev–Trinajstić information content (AvgIpc) is 2.28. The van der Waals surface area contributed by atoms with E-state index in [1.165, 1.54) is 6.20 Å². The van der Waals surface area contributed by atoms with E-state index >= 15 is 0 Å². The predicted octanol–water partition coefficient (Wildman–Crippen LogP) is 3.32. The van der Waals surface area contributed by atoms with Gasteiger partial charge in [0, 0.05) is 6.54 Å². The molecule has 0 saturated carbocycles. The Morgan fingerprint density at radius 1 is 1.50 bits per heavy atom. The number of rotatable bonds is 2. The smallest absolute Gasteiger partial charge is 0.259 e. The second-order valence-electron chi connectivity index (χ2n) is 3.41. The maximum atomic E-state index is 12.5. The van der Waals surface area contributed by atoms with Gasteiger partial charge in [0.25, 0.3) is 0 Å². The summed E-state index contributed by atoms with van der Waals surface area (Å²) in [6, 6.07) is 0. The zero-order valence-corrected chi connectivity index (χ0v) is 9.35. The Bertz CT molecular complexity index is 317. The maximum Gasteiger partial charge on any atom is 0.434 e. The lowest BCUT2D eigenvalue weighted by Crippen LogP contribution is -2.17. The van der Waals surface area contributed by atoms with Crippen LogP contribution < -0.4 is 0 Å². The lowest BCUT2D eigenvalue weighted by molar-refractivity contribution is -0.145. The third-order valence-corrected chi connectivity index (χ3v) is 2.18. The molecule has 0 radical (unpaired) electrons. The minimum absolute atomic E-state index is 0.00866. The molecule has 0 bridgehead atoms. The van der Waals surface area contributed by atoms with E-state index < -0.39 is 11.9 Å². The van der Waals surface area contributed by atoms with Crippen LogP contribution in [0.25, 0.3) is 0 Å². The Kier molecular flexibility index (Phi) is 3.24. The Morgan fingerprint density at radius 2 is 2.07 bits per heavy atom. The molecule has 0 aliphatic rings. The van der Waals surface area contributed by atoms with Crippen molar-refractivity contribution in [1.29, 1.82) is 0 Å². The molecule has 1 aromatic heterocycles. The topological polar surface area (TPSA) is 17.8 Å². The summed E-state index contributed by atoms with van der Waals surface area (Å²) in [7, 11) is 0. The fraction of sp³-hybridized carbons (Fsp3) is 0.625. The molecule has 1 aromatic rings. The Morgan fingerprint density at radius 3 is 2.50 bits per heavy atom. The lowest BCUT2D eigenvalue weighted by Gasteiger charge is -2.12. The average molecular weight is 271 g/mol. The summed E-state index contributed by atoms with van der Waals surface area (Å²) in [6.45, 7) is 3.95. The Balaban J connectivity index is 3.07. The molecule has 80 valence electrons. The summed E-state index contributed by atoms with van der Waals surface area (Å²) < 4.78 is 38.5. The summed E-state index contributed by atoms with van der Waals surface area (Å²) in [4.78, 5) is 0. The van der Waals surface area contributed by atoms with Crippen molar-refractivity contribution in [1.82, 2.24) is 9.78 Å². The maximum absolute atomic E-state index is 12.5. The van der Waals surface area contributed by atoms with E-state index in [0.29, 0.717) is 0 Å². The predicted molar refractivity (Wildman–Crippen MR) is 49.8 cm³/mol. The lowest BCUT2D eigenvalue weighted by atomic mass is 10.2. The van der Waals surface area contributed by atoms with Gasteiger partial charge in [0.1, 0.15) is 0 Å². The molecule has 0 N–H and O–H groups in total. The van der Waals surface area contributed by atoms with Gasteiger partial charge in [0.15, 0.2) is 5.69 Å². The number of alkyl halides is 3. The second-order valence-corrected chi connectivity index (χ2v) is 4.27. The molecule has 0 atom stereocenters. The van der Waals surface area contributed by atoms with Crippen molar-refractivity contribution in [2.75, 3.05) is 0 Å². The highest BCUT2D eigenvalue weighted by atomic mass is 79.9. The van der Waals surface area contributed by atoms with Crippen LogP contribution in [0.1, 0.15) is 19.5 Å². The highest BCUT2D eigenvalue weighted by Gasteiger charge is 2.37. The van der Waals surface area contributed by atoms with Gasteiger partial charge in [-0.05, 0) is 21.8 Å². The van der Waals surface area contributed by atoms with Crippen LogP contribution in [0.2, 0.25) is 0 Å². The van der Waals surface area contributed by atoms with Crippen molar-refractivity contribution < 1.29 is 13.2 Å². The number of nitrogens with zero attached hydrogens (tertiary/aromatic N) is 2. The fourth-order valence-corrected chi connectivity index (χ4v) is 1.65. The minimum atomic E-state index is -4.36. The summed E-state index contributed by atoms with van der Waals surface area (Å²) in [5, 5.41) is 3.67. The summed E-state index contributed by atoms with van der Waals surface area (Å²) in [5.74, 6) is 0.128. The number of aromatic nitrogens is 2. The first-order valence-electron chi connectivity index (χ1n) is 4.11. The van der Waals surface area contributed by atoms with Gasteiger partial charge in [-0.15, -0.1) is 0 Å². The van der Waals surface area contributed by atoms with Crippen molar-refractivity contribution in [2.24, 2.45) is 5.92 Å². The van der Waals surface area contributed by atoms with Crippen LogP contribution in [0.15, 0.2) is 10.7 Å². The summed E-state index contributed by atoms with van der Waals surface area (Å²) in [5.41, 5.74) is -0.716. The van der Waals surface area contributed by atoms with E-state index in [1.54, 1.807) is 0 Å². The molecular formula is C8H10BrF3N2. The number of halogens is 4. The van der Waals surface area contributed by atoms with Crippen LogP contribution >= 0.6 is 15.9 Å². The highest BCUT2D eigenvalue weighted by Crippen LogP contribution is 2.34. The van der Waals surface area contributed by atoms with E-state index in [0.717, 1.165) is 4.68 Å². The molecule has 1 rings (SSSR count). The monoisotopic (exact) mass is 270 g/mol. The molecule has 0 aliphatic heterocycles. The van der Waals surface area contributed by atoms with Crippen molar-refractivity contribution in [3.63, 3.8) is 0 Å². The van der Waals surface area contributed by atoms with Gasteiger partial charge in [-0.3, -0.25) is 4.68 Å². The third kappa shape index (κ3) is 2.50. The van der Waals surface area contributed by atoms with E-state index in [1.807, 2.05) is 13.8 Å². The Hall–Kier alpha value is -0.520. The fourth-order valence-electron chi connectivity index (χ4n) is 1.13. The van der Waals surface area contributed by atoms with Crippen LogP contribution in [0.5, 0.6) is 0 Å². The molecule has 0 spiro atoms. The van der Waals surface area contributed by atoms with Crippen LogP contribution in [0.3, 0.4) is 0 Å². The molecule has 0 unspecified atom stereocenters. The first kappa shape index (κ1) is 11.6.